The fraction of sp³-hybridized carbons (Fsp3) is 0.455. The van der Waals surface area contributed by atoms with Crippen LogP contribution < -0.4 is 4.74 Å². The van der Waals surface area contributed by atoms with Crippen LogP contribution in [0.5, 0.6) is 5.75 Å². The van der Waals surface area contributed by atoms with E-state index in [1.807, 2.05) is 12.1 Å². The van der Waals surface area contributed by atoms with Crippen molar-refractivity contribution in [1.82, 2.24) is 0 Å². The van der Waals surface area contributed by atoms with Crippen molar-refractivity contribution < 1.29 is 17.5 Å². The van der Waals surface area contributed by atoms with Gasteiger partial charge in [-0.3, -0.25) is 0 Å². The summed E-state index contributed by atoms with van der Waals surface area (Å²) < 4.78 is 42.6. The first-order chi connectivity index (χ1) is 12.8. The van der Waals surface area contributed by atoms with Gasteiger partial charge < -0.3 is 4.74 Å². The van der Waals surface area contributed by atoms with Gasteiger partial charge in [0.05, 0.1) is 12.0 Å². The predicted molar refractivity (Wildman–Crippen MR) is 106 cm³/mol. The summed E-state index contributed by atoms with van der Waals surface area (Å²) in [6, 6.07) is 12.2. The number of methoxy groups -OCH3 is 1. The van der Waals surface area contributed by atoms with E-state index >= 15 is 0 Å². The van der Waals surface area contributed by atoms with Crippen LogP contribution in [0.25, 0.3) is 0 Å². The summed E-state index contributed by atoms with van der Waals surface area (Å²) in [5.41, 5.74) is 1.92. The van der Waals surface area contributed by atoms with Crippen LogP contribution in [-0.4, -0.2) is 21.8 Å². The van der Waals surface area contributed by atoms with E-state index in [1.165, 1.54) is 17.9 Å². The Labute approximate surface area is 161 Å². The number of sulfone groups is 1. The van der Waals surface area contributed by atoms with Crippen molar-refractivity contribution in [3.8, 4) is 5.75 Å². The second-order valence-electron chi connectivity index (χ2n) is 7.74. The molecule has 0 aromatic heterocycles. The lowest BCUT2D eigenvalue weighted by molar-refractivity contribution is 0.408. The van der Waals surface area contributed by atoms with Gasteiger partial charge in [-0.1, -0.05) is 19.1 Å². The molecule has 5 heteroatoms. The minimum atomic E-state index is -3.16. The number of rotatable bonds is 6. The first kappa shape index (κ1) is 19.9. The van der Waals surface area contributed by atoms with Gasteiger partial charge >= 0.3 is 0 Å². The lowest BCUT2D eigenvalue weighted by atomic mass is 9.87. The van der Waals surface area contributed by atoms with Crippen molar-refractivity contribution in [3.63, 3.8) is 0 Å². The molecule has 1 unspecified atom stereocenters. The number of ether oxygens (including phenoxy) is 1. The molecule has 2 aromatic rings. The van der Waals surface area contributed by atoms with Crippen LogP contribution in [0.2, 0.25) is 0 Å². The molecule has 2 aromatic carbocycles. The quantitative estimate of drug-likeness (QED) is 0.671. The summed E-state index contributed by atoms with van der Waals surface area (Å²) in [5.74, 6) is 1.65. The second-order valence-corrected chi connectivity index (χ2v) is 9.76. The Bertz CT molecular complexity index is 890. The minimum Gasteiger partial charge on any atom is -0.497 e. The summed E-state index contributed by atoms with van der Waals surface area (Å²) in [7, 11) is -1.56. The highest BCUT2D eigenvalue weighted by Gasteiger charge is 2.28. The van der Waals surface area contributed by atoms with Gasteiger partial charge in [-0.05, 0) is 84.9 Å². The van der Waals surface area contributed by atoms with Crippen molar-refractivity contribution in [2.24, 2.45) is 5.92 Å². The Morgan fingerprint density at radius 3 is 2.48 bits per heavy atom. The number of benzene rings is 2. The SMILES string of the molecule is COc1ccc(F)c([C@@H](C)CC2CC[C@H](c3ccc(S(C)(=O)=O)cc3)C2)c1. The van der Waals surface area contributed by atoms with E-state index in [4.69, 9.17) is 4.74 Å². The first-order valence-electron chi connectivity index (χ1n) is 9.41. The molecule has 3 atom stereocenters. The fourth-order valence-corrected chi connectivity index (χ4v) is 4.86. The highest BCUT2D eigenvalue weighted by atomic mass is 32.2. The molecule has 0 N–H and O–H groups in total. The molecule has 3 nitrogen and oxygen atoms in total. The molecule has 0 aliphatic heterocycles. The Hall–Kier alpha value is -1.88. The molecule has 1 fully saturated rings. The van der Waals surface area contributed by atoms with Crippen molar-refractivity contribution in [1.29, 1.82) is 0 Å². The minimum absolute atomic E-state index is 0.136. The van der Waals surface area contributed by atoms with Crippen molar-refractivity contribution in [3.05, 3.63) is 59.4 Å². The molecule has 0 bridgehead atoms. The lowest BCUT2D eigenvalue weighted by Gasteiger charge is -2.19. The highest BCUT2D eigenvalue weighted by molar-refractivity contribution is 7.90. The third-order valence-corrected chi connectivity index (χ3v) is 6.87. The summed E-state index contributed by atoms with van der Waals surface area (Å²) in [5, 5.41) is 0. The summed E-state index contributed by atoms with van der Waals surface area (Å²) in [6.45, 7) is 2.08. The van der Waals surface area contributed by atoms with Gasteiger partial charge in [0, 0.05) is 6.26 Å². The smallest absolute Gasteiger partial charge is 0.175 e. The van der Waals surface area contributed by atoms with Crippen molar-refractivity contribution in [2.75, 3.05) is 13.4 Å². The van der Waals surface area contributed by atoms with Gasteiger partial charge in [0.25, 0.3) is 0 Å². The van der Waals surface area contributed by atoms with Gasteiger partial charge in [-0.2, -0.15) is 0 Å². The Morgan fingerprint density at radius 1 is 1.15 bits per heavy atom. The van der Waals surface area contributed by atoms with Crippen LogP contribution in [-0.2, 0) is 9.84 Å². The molecule has 1 saturated carbocycles. The fourth-order valence-electron chi connectivity index (χ4n) is 4.23. The molecule has 0 spiro atoms. The largest absolute Gasteiger partial charge is 0.497 e. The molecule has 0 saturated heterocycles. The third kappa shape index (κ3) is 4.70. The van der Waals surface area contributed by atoms with E-state index in [0.717, 1.165) is 31.2 Å². The molecular formula is C22H27FO3S. The molecule has 1 aliphatic rings. The first-order valence-corrected chi connectivity index (χ1v) is 11.3. The zero-order chi connectivity index (χ0) is 19.6. The molecule has 27 heavy (non-hydrogen) atoms. The molecule has 146 valence electrons. The zero-order valence-electron chi connectivity index (χ0n) is 16.1. The van der Waals surface area contributed by atoms with Gasteiger partial charge in [-0.25, -0.2) is 12.8 Å². The van der Waals surface area contributed by atoms with E-state index < -0.39 is 9.84 Å². The van der Waals surface area contributed by atoms with Crippen molar-refractivity contribution in [2.45, 2.75) is 49.3 Å². The van der Waals surface area contributed by atoms with E-state index in [2.05, 4.69) is 6.92 Å². The maximum absolute atomic E-state index is 14.2. The van der Waals surface area contributed by atoms with Gasteiger partial charge in [-0.15, -0.1) is 0 Å². The summed E-state index contributed by atoms with van der Waals surface area (Å²) >= 11 is 0. The zero-order valence-corrected chi connectivity index (χ0v) is 16.9. The Kier molecular flexibility index (Phi) is 5.89. The van der Waals surface area contributed by atoms with Crippen LogP contribution in [0.1, 0.15) is 55.6 Å². The van der Waals surface area contributed by atoms with Crippen LogP contribution in [0.4, 0.5) is 4.39 Å². The molecule has 0 radical (unpaired) electrons. The average Bonchev–Trinajstić information content (AvgIpc) is 3.10. The van der Waals surface area contributed by atoms with Gasteiger partial charge in [0.15, 0.2) is 9.84 Å². The summed E-state index contributed by atoms with van der Waals surface area (Å²) in [4.78, 5) is 0.364. The van der Waals surface area contributed by atoms with E-state index in [9.17, 15) is 12.8 Å². The highest BCUT2D eigenvalue weighted by Crippen LogP contribution is 2.43. The molecule has 0 heterocycles. The normalized spacial score (nSPS) is 21.2. The van der Waals surface area contributed by atoms with Crippen LogP contribution in [0.3, 0.4) is 0 Å². The molecule has 0 amide bonds. The van der Waals surface area contributed by atoms with Gasteiger partial charge in [0.2, 0.25) is 0 Å². The molecular weight excluding hydrogens is 363 g/mol. The molecule has 1 aliphatic carbocycles. The molecule has 3 rings (SSSR count). The third-order valence-electron chi connectivity index (χ3n) is 5.74. The monoisotopic (exact) mass is 390 g/mol. The number of hydrogen-bond donors (Lipinski definition) is 0. The summed E-state index contributed by atoms with van der Waals surface area (Å²) in [6.07, 6.45) is 5.45. The Morgan fingerprint density at radius 2 is 1.85 bits per heavy atom. The maximum atomic E-state index is 14.2. The van der Waals surface area contributed by atoms with E-state index in [0.29, 0.717) is 22.5 Å². The van der Waals surface area contributed by atoms with Crippen molar-refractivity contribution >= 4 is 9.84 Å². The van der Waals surface area contributed by atoms with Gasteiger partial charge in [0.1, 0.15) is 11.6 Å². The lowest BCUT2D eigenvalue weighted by Crippen LogP contribution is -2.05. The number of halogens is 1. The van der Waals surface area contributed by atoms with Crippen LogP contribution in [0.15, 0.2) is 47.4 Å². The van der Waals surface area contributed by atoms with Crippen LogP contribution in [0, 0.1) is 11.7 Å². The maximum Gasteiger partial charge on any atom is 0.175 e. The Balaban J connectivity index is 1.64. The standard InChI is InChI=1S/C22H27FO3S/c1-15(21-14-19(26-2)8-11-22(21)23)12-16-4-5-18(13-16)17-6-9-20(10-7-17)27(3,24)25/h6-11,14-16,18H,4-5,12-13H2,1-3H3/t15-,16?,18-/m0/s1. The van der Waals surface area contributed by atoms with E-state index in [-0.39, 0.29) is 11.7 Å². The predicted octanol–water partition coefficient (Wildman–Crippen LogP) is 5.32. The van der Waals surface area contributed by atoms with Crippen LogP contribution >= 0.6 is 0 Å². The average molecular weight is 391 g/mol. The topological polar surface area (TPSA) is 43.4 Å². The number of hydrogen-bond acceptors (Lipinski definition) is 3. The second kappa shape index (κ2) is 8.01. The van der Waals surface area contributed by atoms with E-state index in [1.54, 1.807) is 31.4 Å².